The Morgan fingerprint density at radius 2 is 1.91 bits per heavy atom. The molecule has 1 saturated carbocycles. The fraction of sp³-hybridized carbons (Fsp3) is 0.160. The van der Waals surface area contributed by atoms with Crippen molar-refractivity contribution < 1.29 is 22.8 Å². The maximum Gasteiger partial charge on any atom is 0.416 e. The van der Waals surface area contributed by atoms with Crippen LogP contribution in [0, 0.1) is 5.92 Å². The Kier molecular flexibility index (Phi) is 5.00. The molecule has 0 saturated heterocycles. The van der Waals surface area contributed by atoms with Crippen molar-refractivity contribution in [2.45, 2.75) is 19.0 Å². The van der Waals surface area contributed by atoms with E-state index in [2.05, 4.69) is 10.3 Å². The van der Waals surface area contributed by atoms with Crippen molar-refractivity contribution in [3.05, 3.63) is 84.2 Å². The first-order valence-electron chi connectivity index (χ1n) is 10.4. The van der Waals surface area contributed by atoms with Gasteiger partial charge in [-0.05, 0) is 54.8 Å². The molecule has 1 fully saturated rings. The molecule has 3 aromatic rings. The summed E-state index contributed by atoms with van der Waals surface area (Å²) < 4.78 is 39.9. The number of nitrogens with one attached hydrogen (secondary N) is 1. The molecule has 5 nitrogen and oxygen atoms in total. The van der Waals surface area contributed by atoms with Crippen LogP contribution in [-0.2, 0) is 15.8 Å². The molecule has 8 heteroatoms. The van der Waals surface area contributed by atoms with Crippen molar-refractivity contribution in [1.29, 1.82) is 0 Å². The molecule has 0 atom stereocenters. The third-order valence-corrected chi connectivity index (χ3v) is 5.62. The first kappa shape index (κ1) is 20.9. The molecule has 1 aromatic heterocycles. The van der Waals surface area contributed by atoms with Crippen LogP contribution in [0.4, 0.5) is 24.5 Å². The lowest BCUT2D eigenvalue weighted by Crippen LogP contribution is -2.29. The van der Waals surface area contributed by atoms with Crippen LogP contribution in [0.1, 0.15) is 24.0 Å². The second-order valence-corrected chi connectivity index (χ2v) is 8.03. The number of pyridine rings is 1. The fourth-order valence-corrected chi connectivity index (χ4v) is 3.79. The Hall–Kier alpha value is -3.94. The summed E-state index contributed by atoms with van der Waals surface area (Å²) in [5.74, 6) is -0.857. The van der Waals surface area contributed by atoms with E-state index in [1.807, 2.05) is 18.2 Å². The van der Waals surface area contributed by atoms with Crippen molar-refractivity contribution in [3.8, 4) is 0 Å². The van der Waals surface area contributed by atoms with Crippen LogP contribution in [0.15, 0.2) is 73.1 Å². The number of alkyl halides is 3. The topological polar surface area (TPSA) is 62.3 Å². The van der Waals surface area contributed by atoms with Gasteiger partial charge in [0.25, 0.3) is 0 Å². The molecule has 1 aliphatic heterocycles. The minimum absolute atomic E-state index is 0.123. The van der Waals surface area contributed by atoms with Gasteiger partial charge in [0.05, 0.1) is 16.8 Å². The molecule has 2 aromatic carbocycles. The lowest BCUT2D eigenvalue weighted by Gasteiger charge is -2.27. The van der Waals surface area contributed by atoms with E-state index in [0.29, 0.717) is 16.8 Å². The molecule has 33 heavy (non-hydrogen) atoms. The Balaban J connectivity index is 1.47. The highest BCUT2D eigenvalue weighted by Crippen LogP contribution is 2.41. The molecule has 2 amide bonds. The summed E-state index contributed by atoms with van der Waals surface area (Å²) in [6, 6.07) is 12.3. The number of amides is 2. The molecule has 2 aliphatic rings. The van der Waals surface area contributed by atoms with Gasteiger partial charge in [0, 0.05) is 41.0 Å². The molecule has 0 bridgehead atoms. The second-order valence-electron chi connectivity index (χ2n) is 8.03. The zero-order valence-electron chi connectivity index (χ0n) is 17.3. The molecule has 1 aliphatic carbocycles. The van der Waals surface area contributed by atoms with E-state index in [0.717, 1.165) is 35.9 Å². The number of allylic oxidation sites excluding steroid dienone is 2. The Morgan fingerprint density at radius 1 is 1.09 bits per heavy atom. The SMILES string of the molecule is O=C(C=C1C=CN(C(=O)C2CC2)c2cc(C(F)(F)F)ccc21)Nc1ccc2cccnc2c1. The van der Waals surface area contributed by atoms with Gasteiger partial charge in [-0.15, -0.1) is 0 Å². The molecule has 0 unspecified atom stereocenters. The van der Waals surface area contributed by atoms with E-state index in [9.17, 15) is 22.8 Å². The number of hydrogen-bond acceptors (Lipinski definition) is 3. The Morgan fingerprint density at radius 3 is 2.67 bits per heavy atom. The van der Waals surface area contributed by atoms with Crippen LogP contribution in [-0.4, -0.2) is 16.8 Å². The van der Waals surface area contributed by atoms with E-state index < -0.39 is 17.6 Å². The fourth-order valence-electron chi connectivity index (χ4n) is 3.79. The van der Waals surface area contributed by atoms with Crippen molar-refractivity contribution in [3.63, 3.8) is 0 Å². The van der Waals surface area contributed by atoms with Crippen LogP contribution >= 0.6 is 0 Å². The summed E-state index contributed by atoms with van der Waals surface area (Å²) in [6.45, 7) is 0. The number of hydrogen-bond donors (Lipinski definition) is 1. The highest BCUT2D eigenvalue weighted by molar-refractivity contribution is 6.10. The van der Waals surface area contributed by atoms with Gasteiger partial charge in [-0.1, -0.05) is 18.2 Å². The molecule has 0 spiro atoms. The molecule has 0 radical (unpaired) electrons. The van der Waals surface area contributed by atoms with Gasteiger partial charge >= 0.3 is 6.18 Å². The predicted octanol–water partition coefficient (Wildman–Crippen LogP) is 5.55. The number of nitrogens with zero attached hydrogens (tertiary/aromatic N) is 2. The number of aromatic nitrogens is 1. The van der Waals surface area contributed by atoms with Gasteiger partial charge in [0.1, 0.15) is 0 Å². The molecule has 166 valence electrons. The lowest BCUT2D eigenvalue weighted by atomic mass is 9.97. The zero-order valence-corrected chi connectivity index (χ0v) is 17.3. The number of fused-ring (bicyclic) bond motifs is 2. The highest BCUT2D eigenvalue weighted by Gasteiger charge is 2.37. The van der Waals surface area contributed by atoms with Crippen LogP contribution in [0.2, 0.25) is 0 Å². The number of carbonyl (C=O) groups is 2. The van der Waals surface area contributed by atoms with Crippen LogP contribution in [0.25, 0.3) is 16.5 Å². The number of halogens is 3. The lowest BCUT2D eigenvalue weighted by molar-refractivity contribution is -0.137. The van der Waals surface area contributed by atoms with Crippen molar-refractivity contribution in [2.75, 3.05) is 10.2 Å². The largest absolute Gasteiger partial charge is 0.416 e. The molecule has 1 N–H and O–H groups in total. The van der Waals surface area contributed by atoms with Crippen LogP contribution in [0.5, 0.6) is 0 Å². The maximum atomic E-state index is 13.3. The summed E-state index contributed by atoms with van der Waals surface area (Å²) in [6.07, 6.45) is 2.87. The van der Waals surface area contributed by atoms with Gasteiger partial charge < -0.3 is 5.32 Å². The third kappa shape index (κ3) is 4.24. The van der Waals surface area contributed by atoms with E-state index in [1.54, 1.807) is 24.4 Å². The summed E-state index contributed by atoms with van der Waals surface area (Å²) in [5.41, 5.74) is 1.33. The maximum absolute atomic E-state index is 13.3. The average molecular weight is 449 g/mol. The van der Waals surface area contributed by atoms with Crippen LogP contribution in [0.3, 0.4) is 0 Å². The first-order chi connectivity index (χ1) is 15.8. The minimum Gasteiger partial charge on any atom is -0.322 e. The van der Waals surface area contributed by atoms with Crippen molar-refractivity contribution in [1.82, 2.24) is 4.98 Å². The van der Waals surface area contributed by atoms with Crippen LogP contribution < -0.4 is 10.2 Å². The Labute approximate surface area is 187 Å². The van der Waals surface area contributed by atoms with E-state index in [-0.39, 0.29) is 17.5 Å². The van der Waals surface area contributed by atoms with Gasteiger partial charge in [-0.2, -0.15) is 13.2 Å². The van der Waals surface area contributed by atoms with Crippen molar-refractivity contribution >= 4 is 39.7 Å². The van der Waals surface area contributed by atoms with E-state index in [1.165, 1.54) is 23.2 Å². The molecular formula is C25H18F3N3O2. The Bertz CT molecular complexity index is 1340. The normalized spacial score (nSPS) is 16.7. The number of rotatable bonds is 3. The molecule has 5 rings (SSSR count). The molecule has 2 heterocycles. The molecular weight excluding hydrogens is 431 g/mol. The third-order valence-electron chi connectivity index (χ3n) is 5.62. The minimum atomic E-state index is -4.55. The zero-order chi connectivity index (χ0) is 23.2. The first-order valence-corrected chi connectivity index (χ1v) is 10.4. The van der Waals surface area contributed by atoms with Crippen molar-refractivity contribution in [2.24, 2.45) is 5.92 Å². The number of carbonyl (C=O) groups excluding carboxylic acids is 2. The van der Waals surface area contributed by atoms with Gasteiger partial charge in [0.2, 0.25) is 11.8 Å². The monoisotopic (exact) mass is 449 g/mol. The van der Waals surface area contributed by atoms with Gasteiger partial charge in [-0.3, -0.25) is 19.5 Å². The van der Waals surface area contributed by atoms with Gasteiger partial charge in [-0.25, -0.2) is 0 Å². The summed E-state index contributed by atoms with van der Waals surface area (Å²) in [4.78, 5) is 30.8. The summed E-state index contributed by atoms with van der Waals surface area (Å²) in [7, 11) is 0. The van der Waals surface area contributed by atoms with E-state index >= 15 is 0 Å². The summed E-state index contributed by atoms with van der Waals surface area (Å²) in [5, 5.41) is 3.69. The van der Waals surface area contributed by atoms with E-state index in [4.69, 9.17) is 0 Å². The second kappa shape index (κ2) is 7.88. The predicted molar refractivity (Wildman–Crippen MR) is 119 cm³/mol. The quantitative estimate of drug-likeness (QED) is 0.534. The number of anilines is 2. The number of benzene rings is 2. The highest BCUT2D eigenvalue weighted by atomic mass is 19.4. The average Bonchev–Trinajstić information content (AvgIpc) is 3.63. The standard InChI is InChI=1S/C25H18F3N3O2/c26-25(27,28)18-6-8-20-17(9-11-31(22(20)13-18)24(33)16-3-4-16)12-23(32)30-19-7-5-15-2-1-10-29-21(15)14-19/h1-2,5-14,16H,3-4H2,(H,30,32). The van der Waals surface area contributed by atoms with Gasteiger partial charge in [0.15, 0.2) is 0 Å². The summed E-state index contributed by atoms with van der Waals surface area (Å²) >= 11 is 0. The smallest absolute Gasteiger partial charge is 0.322 e.